The van der Waals surface area contributed by atoms with Gasteiger partial charge in [0.15, 0.2) is 11.5 Å². The standard InChI is InChI=1S/C17H15N5O/c1-10-4-5-12(18)7-13(10)14-9-21-17(19)15(22-14)16(23)11-3-2-6-20-8-11/h2-9H,18H2,1H3,(H2,19,21). The van der Waals surface area contributed by atoms with Crippen molar-refractivity contribution in [3.05, 3.63) is 65.7 Å². The maximum Gasteiger partial charge on any atom is 0.216 e. The van der Waals surface area contributed by atoms with Gasteiger partial charge in [-0.3, -0.25) is 9.78 Å². The molecule has 3 aromatic rings. The third kappa shape index (κ3) is 2.87. The monoisotopic (exact) mass is 305 g/mol. The van der Waals surface area contributed by atoms with E-state index in [1.165, 1.54) is 12.4 Å². The number of anilines is 2. The first kappa shape index (κ1) is 14.6. The average molecular weight is 305 g/mol. The molecule has 0 aliphatic carbocycles. The highest BCUT2D eigenvalue weighted by molar-refractivity contribution is 6.10. The molecule has 0 saturated carbocycles. The van der Waals surface area contributed by atoms with Gasteiger partial charge < -0.3 is 11.5 Å². The smallest absolute Gasteiger partial charge is 0.216 e. The number of ketones is 1. The van der Waals surface area contributed by atoms with E-state index >= 15 is 0 Å². The lowest BCUT2D eigenvalue weighted by molar-refractivity contribution is 0.103. The number of nitrogens with two attached hydrogens (primary N) is 2. The van der Waals surface area contributed by atoms with Gasteiger partial charge in [-0.05, 0) is 36.8 Å². The molecule has 1 aromatic carbocycles. The molecule has 3 rings (SSSR count). The van der Waals surface area contributed by atoms with E-state index in [-0.39, 0.29) is 17.3 Å². The third-order valence-electron chi connectivity index (χ3n) is 3.48. The van der Waals surface area contributed by atoms with Crippen molar-refractivity contribution < 1.29 is 4.79 Å². The van der Waals surface area contributed by atoms with Crippen molar-refractivity contribution >= 4 is 17.3 Å². The van der Waals surface area contributed by atoms with Crippen LogP contribution < -0.4 is 11.5 Å². The molecule has 114 valence electrons. The summed E-state index contributed by atoms with van der Waals surface area (Å²) in [6.45, 7) is 1.94. The Morgan fingerprint density at radius 3 is 2.70 bits per heavy atom. The molecule has 2 heterocycles. The summed E-state index contributed by atoms with van der Waals surface area (Å²) in [6.07, 6.45) is 4.61. The summed E-state index contributed by atoms with van der Waals surface area (Å²) in [7, 11) is 0. The van der Waals surface area contributed by atoms with Gasteiger partial charge in [-0.25, -0.2) is 9.97 Å². The van der Waals surface area contributed by atoms with Gasteiger partial charge in [-0.2, -0.15) is 0 Å². The zero-order valence-electron chi connectivity index (χ0n) is 12.5. The van der Waals surface area contributed by atoms with E-state index in [1.807, 2.05) is 19.1 Å². The number of rotatable bonds is 3. The highest BCUT2D eigenvalue weighted by Gasteiger charge is 2.17. The molecule has 0 fully saturated rings. The second-order valence-electron chi connectivity index (χ2n) is 5.13. The lowest BCUT2D eigenvalue weighted by Gasteiger charge is -2.09. The minimum atomic E-state index is -0.313. The molecule has 0 spiro atoms. The van der Waals surface area contributed by atoms with Gasteiger partial charge in [0.25, 0.3) is 0 Å². The number of pyridine rings is 1. The normalized spacial score (nSPS) is 10.5. The summed E-state index contributed by atoms with van der Waals surface area (Å²) >= 11 is 0. The van der Waals surface area contributed by atoms with Gasteiger partial charge in [0.05, 0.1) is 11.9 Å². The highest BCUT2D eigenvalue weighted by atomic mass is 16.1. The molecule has 0 aliphatic heterocycles. The average Bonchev–Trinajstić information content (AvgIpc) is 2.58. The topological polar surface area (TPSA) is 108 Å². The maximum absolute atomic E-state index is 12.6. The molecule has 0 amide bonds. The quantitative estimate of drug-likeness (QED) is 0.567. The number of nitrogens with zero attached hydrogens (tertiary/aromatic N) is 3. The maximum atomic E-state index is 12.6. The summed E-state index contributed by atoms with van der Waals surface area (Å²) < 4.78 is 0. The SMILES string of the molecule is Cc1ccc(N)cc1-c1cnc(N)c(C(=O)c2cccnc2)n1. The molecule has 6 nitrogen and oxygen atoms in total. The van der Waals surface area contributed by atoms with Crippen LogP contribution in [0.2, 0.25) is 0 Å². The zero-order chi connectivity index (χ0) is 16.4. The van der Waals surface area contributed by atoms with Gasteiger partial charge in [0, 0.05) is 29.2 Å². The first-order valence-electron chi connectivity index (χ1n) is 7.00. The second kappa shape index (κ2) is 5.84. The molecule has 6 heteroatoms. The Morgan fingerprint density at radius 1 is 1.13 bits per heavy atom. The van der Waals surface area contributed by atoms with Gasteiger partial charge in [-0.15, -0.1) is 0 Å². The van der Waals surface area contributed by atoms with E-state index < -0.39 is 0 Å². The summed E-state index contributed by atoms with van der Waals surface area (Å²) in [6, 6.07) is 8.85. The predicted octanol–water partition coefficient (Wildman–Crippen LogP) is 2.24. The lowest BCUT2D eigenvalue weighted by Crippen LogP contribution is -2.11. The lowest BCUT2D eigenvalue weighted by atomic mass is 10.0. The van der Waals surface area contributed by atoms with E-state index in [0.717, 1.165) is 11.1 Å². The van der Waals surface area contributed by atoms with Crippen LogP contribution in [-0.4, -0.2) is 20.7 Å². The zero-order valence-corrected chi connectivity index (χ0v) is 12.5. The number of hydrogen-bond acceptors (Lipinski definition) is 6. The van der Waals surface area contributed by atoms with Gasteiger partial charge in [0.1, 0.15) is 0 Å². The number of aromatic nitrogens is 3. The summed E-state index contributed by atoms with van der Waals surface area (Å²) in [5, 5.41) is 0. The van der Waals surface area contributed by atoms with Crippen LogP contribution in [-0.2, 0) is 0 Å². The van der Waals surface area contributed by atoms with E-state index in [0.29, 0.717) is 16.9 Å². The molecule has 2 aromatic heterocycles. The van der Waals surface area contributed by atoms with E-state index in [2.05, 4.69) is 15.0 Å². The fourth-order valence-electron chi connectivity index (χ4n) is 2.24. The first-order valence-corrected chi connectivity index (χ1v) is 7.00. The number of benzene rings is 1. The molecule has 0 unspecified atom stereocenters. The van der Waals surface area contributed by atoms with Crippen molar-refractivity contribution in [1.29, 1.82) is 0 Å². The van der Waals surface area contributed by atoms with Crippen molar-refractivity contribution in [3.8, 4) is 11.3 Å². The molecule has 0 bridgehead atoms. The van der Waals surface area contributed by atoms with Crippen LogP contribution in [0.3, 0.4) is 0 Å². The van der Waals surface area contributed by atoms with E-state index in [9.17, 15) is 4.79 Å². The largest absolute Gasteiger partial charge is 0.399 e. The summed E-state index contributed by atoms with van der Waals surface area (Å²) in [5.41, 5.74) is 15.2. The van der Waals surface area contributed by atoms with Crippen molar-refractivity contribution in [2.24, 2.45) is 0 Å². The number of nitrogen functional groups attached to an aromatic ring is 2. The van der Waals surface area contributed by atoms with E-state index in [1.54, 1.807) is 24.4 Å². The molecular weight excluding hydrogens is 290 g/mol. The van der Waals surface area contributed by atoms with Gasteiger partial charge >= 0.3 is 0 Å². The molecule has 4 N–H and O–H groups in total. The Hall–Kier alpha value is -3.28. The van der Waals surface area contributed by atoms with Crippen LogP contribution in [0, 0.1) is 6.92 Å². The van der Waals surface area contributed by atoms with Crippen LogP contribution in [0.25, 0.3) is 11.3 Å². The molecule has 0 radical (unpaired) electrons. The number of carbonyl (C=O) groups excluding carboxylic acids is 1. The van der Waals surface area contributed by atoms with Crippen LogP contribution in [0.4, 0.5) is 11.5 Å². The summed E-state index contributed by atoms with van der Waals surface area (Å²) in [4.78, 5) is 25.0. The minimum Gasteiger partial charge on any atom is -0.399 e. The second-order valence-corrected chi connectivity index (χ2v) is 5.13. The Morgan fingerprint density at radius 2 is 1.96 bits per heavy atom. The van der Waals surface area contributed by atoms with E-state index in [4.69, 9.17) is 11.5 Å². The Balaban J connectivity index is 2.10. The van der Waals surface area contributed by atoms with Gasteiger partial charge in [-0.1, -0.05) is 6.07 Å². The fourth-order valence-corrected chi connectivity index (χ4v) is 2.24. The van der Waals surface area contributed by atoms with Crippen molar-refractivity contribution in [2.45, 2.75) is 6.92 Å². The van der Waals surface area contributed by atoms with Crippen molar-refractivity contribution in [3.63, 3.8) is 0 Å². The number of hydrogen-bond donors (Lipinski definition) is 2. The molecule has 0 aliphatic rings. The van der Waals surface area contributed by atoms with Crippen molar-refractivity contribution in [1.82, 2.24) is 15.0 Å². The van der Waals surface area contributed by atoms with Crippen molar-refractivity contribution in [2.75, 3.05) is 11.5 Å². The first-order chi connectivity index (χ1) is 11.1. The Kier molecular flexibility index (Phi) is 3.72. The van der Waals surface area contributed by atoms with Crippen LogP contribution in [0.5, 0.6) is 0 Å². The third-order valence-corrected chi connectivity index (χ3v) is 3.48. The van der Waals surface area contributed by atoms with Gasteiger partial charge in [0.2, 0.25) is 5.78 Å². The van der Waals surface area contributed by atoms with Crippen LogP contribution in [0.1, 0.15) is 21.6 Å². The molecule has 23 heavy (non-hydrogen) atoms. The minimum absolute atomic E-state index is 0.0872. The fraction of sp³-hybridized carbons (Fsp3) is 0.0588. The number of carbonyl (C=O) groups is 1. The predicted molar refractivity (Wildman–Crippen MR) is 88.7 cm³/mol. The van der Waals surface area contributed by atoms with Crippen LogP contribution >= 0.6 is 0 Å². The molecule has 0 atom stereocenters. The van der Waals surface area contributed by atoms with Crippen LogP contribution in [0.15, 0.2) is 48.9 Å². The summed E-state index contributed by atoms with van der Waals surface area (Å²) in [5.74, 6) is -0.226. The molecule has 0 saturated heterocycles. The highest BCUT2D eigenvalue weighted by Crippen LogP contribution is 2.25. The Bertz CT molecular complexity index is 877. The number of aryl methyl sites for hydroxylation is 1. The Labute approximate surface area is 133 Å². The molecular formula is C17H15N5O.